The van der Waals surface area contributed by atoms with Gasteiger partial charge < -0.3 is 14.8 Å². The van der Waals surface area contributed by atoms with Gasteiger partial charge in [-0.1, -0.05) is 35.9 Å². The van der Waals surface area contributed by atoms with Gasteiger partial charge in [0.05, 0.1) is 13.5 Å². The summed E-state index contributed by atoms with van der Waals surface area (Å²) >= 11 is 0. The number of rotatable bonds is 6. The van der Waals surface area contributed by atoms with Gasteiger partial charge in [-0.3, -0.25) is 9.59 Å². The number of nitrogens with one attached hydrogen (secondary N) is 1. The lowest BCUT2D eigenvalue weighted by atomic mass is 10.1. The number of benzene rings is 2. The molecule has 0 fully saturated rings. The van der Waals surface area contributed by atoms with Gasteiger partial charge in [0.25, 0.3) is 5.91 Å². The number of hydrogen-bond donors (Lipinski definition) is 1. The van der Waals surface area contributed by atoms with Gasteiger partial charge in [0.15, 0.2) is 6.10 Å². The van der Waals surface area contributed by atoms with Crippen molar-refractivity contribution in [3.63, 3.8) is 0 Å². The van der Waals surface area contributed by atoms with Crippen molar-refractivity contribution >= 4 is 17.6 Å². The Balaban J connectivity index is 1.90. The summed E-state index contributed by atoms with van der Waals surface area (Å²) in [4.78, 5) is 24.1. The average Bonchev–Trinajstić information content (AvgIpc) is 2.57. The van der Waals surface area contributed by atoms with Crippen LogP contribution < -0.4 is 10.1 Å². The minimum Gasteiger partial charge on any atom is -0.496 e. The predicted octanol–water partition coefficient (Wildman–Crippen LogP) is 3.12. The highest BCUT2D eigenvalue weighted by Crippen LogP contribution is 2.18. The molecule has 2 rings (SSSR count). The summed E-state index contributed by atoms with van der Waals surface area (Å²) in [5.74, 6) is -0.232. The maximum absolute atomic E-state index is 12.1. The maximum atomic E-state index is 12.1. The van der Waals surface area contributed by atoms with Crippen molar-refractivity contribution in [3.8, 4) is 5.75 Å². The molecule has 1 atom stereocenters. The van der Waals surface area contributed by atoms with E-state index in [-0.39, 0.29) is 12.3 Å². The smallest absolute Gasteiger partial charge is 0.311 e. The standard InChI is InChI=1S/C19H21NO4/c1-13-8-10-16(11-9-13)20-19(22)14(2)24-18(21)12-15-6-4-5-7-17(15)23-3/h4-11,14H,12H2,1-3H3,(H,20,22)/t14-/m1/s1. The fraction of sp³-hybridized carbons (Fsp3) is 0.263. The van der Waals surface area contributed by atoms with Crippen LogP contribution in [0.15, 0.2) is 48.5 Å². The molecular weight excluding hydrogens is 306 g/mol. The lowest BCUT2D eigenvalue weighted by Crippen LogP contribution is -2.30. The van der Waals surface area contributed by atoms with Crippen LogP contribution in [-0.4, -0.2) is 25.1 Å². The highest BCUT2D eigenvalue weighted by Gasteiger charge is 2.19. The molecule has 24 heavy (non-hydrogen) atoms. The van der Waals surface area contributed by atoms with Crippen LogP contribution in [0.3, 0.4) is 0 Å². The number of methoxy groups -OCH3 is 1. The maximum Gasteiger partial charge on any atom is 0.311 e. The summed E-state index contributed by atoms with van der Waals surface area (Å²) in [7, 11) is 1.54. The number of carbonyl (C=O) groups excluding carboxylic acids is 2. The molecule has 0 radical (unpaired) electrons. The molecule has 1 N–H and O–H groups in total. The quantitative estimate of drug-likeness (QED) is 0.828. The molecule has 1 amide bonds. The first kappa shape index (κ1) is 17.5. The molecule has 0 aliphatic carbocycles. The van der Waals surface area contributed by atoms with Gasteiger partial charge >= 0.3 is 5.97 Å². The fourth-order valence-electron chi connectivity index (χ4n) is 2.18. The van der Waals surface area contributed by atoms with E-state index in [0.29, 0.717) is 11.4 Å². The number of ether oxygens (including phenoxy) is 2. The van der Waals surface area contributed by atoms with Crippen LogP contribution in [0.5, 0.6) is 5.75 Å². The Morgan fingerprint density at radius 2 is 1.75 bits per heavy atom. The first-order valence-corrected chi connectivity index (χ1v) is 7.68. The van der Waals surface area contributed by atoms with E-state index in [1.54, 1.807) is 38.3 Å². The number of anilines is 1. The van der Waals surface area contributed by atoms with E-state index in [2.05, 4.69) is 5.32 Å². The Hall–Kier alpha value is -2.82. The molecule has 0 spiro atoms. The zero-order chi connectivity index (χ0) is 17.5. The third-order valence-corrected chi connectivity index (χ3v) is 3.52. The Morgan fingerprint density at radius 3 is 2.42 bits per heavy atom. The van der Waals surface area contributed by atoms with Crippen LogP contribution in [-0.2, 0) is 20.7 Å². The van der Waals surface area contributed by atoms with Gasteiger partial charge in [0.2, 0.25) is 0 Å². The average molecular weight is 327 g/mol. The van der Waals surface area contributed by atoms with Gasteiger partial charge in [-0.25, -0.2) is 0 Å². The normalized spacial score (nSPS) is 11.5. The molecule has 0 aliphatic heterocycles. The van der Waals surface area contributed by atoms with Crippen molar-refractivity contribution in [3.05, 3.63) is 59.7 Å². The Bertz CT molecular complexity index is 710. The first-order chi connectivity index (χ1) is 11.5. The van der Waals surface area contributed by atoms with Gasteiger partial charge in [-0.2, -0.15) is 0 Å². The molecule has 0 unspecified atom stereocenters. The van der Waals surface area contributed by atoms with Crippen molar-refractivity contribution in [1.82, 2.24) is 0 Å². The lowest BCUT2D eigenvalue weighted by Gasteiger charge is -2.14. The summed E-state index contributed by atoms with van der Waals surface area (Å²) in [6, 6.07) is 14.6. The van der Waals surface area contributed by atoms with Crippen LogP contribution in [0, 0.1) is 6.92 Å². The van der Waals surface area contributed by atoms with Crippen LogP contribution in [0.4, 0.5) is 5.69 Å². The minimum atomic E-state index is -0.881. The molecule has 0 bridgehead atoms. The summed E-state index contributed by atoms with van der Waals surface area (Å²) in [6.07, 6.45) is -0.833. The van der Waals surface area contributed by atoms with Crippen molar-refractivity contribution < 1.29 is 19.1 Å². The largest absolute Gasteiger partial charge is 0.496 e. The van der Waals surface area contributed by atoms with Gasteiger partial charge in [-0.05, 0) is 32.0 Å². The Labute approximate surface area is 141 Å². The molecule has 2 aromatic rings. The second-order valence-electron chi connectivity index (χ2n) is 5.48. The van der Waals surface area contributed by atoms with Crippen molar-refractivity contribution in [2.75, 3.05) is 12.4 Å². The van der Waals surface area contributed by atoms with Crippen LogP contribution in [0.2, 0.25) is 0 Å². The van der Waals surface area contributed by atoms with E-state index < -0.39 is 12.1 Å². The van der Waals surface area contributed by atoms with Gasteiger partial charge in [0.1, 0.15) is 5.75 Å². The van der Waals surface area contributed by atoms with Gasteiger partial charge in [0, 0.05) is 11.3 Å². The molecule has 0 aromatic heterocycles. The predicted molar refractivity (Wildman–Crippen MR) is 92.1 cm³/mol. The number of hydrogen-bond acceptors (Lipinski definition) is 4. The molecule has 2 aromatic carbocycles. The number of para-hydroxylation sites is 1. The summed E-state index contributed by atoms with van der Waals surface area (Å²) in [5.41, 5.74) is 2.48. The zero-order valence-corrected chi connectivity index (χ0v) is 14.0. The molecule has 0 aliphatic rings. The molecule has 0 saturated heterocycles. The first-order valence-electron chi connectivity index (χ1n) is 7.68. The summed E-state index contributed by atoms with van der Waals surface area (Å²) in [5, 5.41) is 2.72. The van der Waals surface area contributed by atoms with E-state index in [9.17, 15) is 9.59 Å². The summed E-state index contributed by atoms with van der Waals surface area (Å²) in [6.45, 7) is 3.51. The molecular formula is C19H21NO4. The van der Waals surface area contributed by atoms with Crippen LogP contribution in [0.25, 0.3) is 0 Å². The minimum absolute atomic E-state index is 0.0478. The molecule has 0 saturated carbocycles. The number of esters is 1. The Morgan fingerprint density at radius 1 is 1.08 bits per heavy atom. The molecule has 126 valence electrons. The fourth-order valence-corrected chi connectivity index (χ4v) is 2.18. The topological polar surface area (TPSA) is 64.6 Å². The van der Waals surface area contributed by atoms with Crippen molar-refractivity contribution in [1.29, 1.82) is 0 Å². The van der Waals surface area contributed by atoms with Crippen molar-refractivity contribution in [2.45, 2.75) is 26.4 Å². The van der Waals surface area contributed by atoms with E-state index in [1.165, 1.54) is 0 Å². The second-order valence-corrected chi connectivity index (χ2v) is 5.48. The second kappa shape index (κ2) is 8.15. The highest BCUT2D eigenvalue weighted by molar-refractivity contribution is 5.95. The van der Waals surface area contributed by atoms with E-state index in [4.69, 9.17) is 9.47 Å². The van der Waals surface area contributed by atoms with Gasteiger partial charge in [-0.15, -0.1) is 0 Å². The third-order valence-electron chi connectivity index (χ3n) is 3.52. The summed E-state index contributed by atoms with van der Waals surface area (Å²) < 4.78 is 10.4. The van der Waals surface area contributed by atoms with Crippen LogP contribution in [0.1, 0.15) is 18.1 Å². The lowest BCUT2D eigenvalue weighted by molar-refractivity contribution is -0.152. The highest BCUT2D eigenvalue weighted by atomic mass is 16.5. The molecule has 0 heterocycles. The van der Waals surface area contributed by atoms with Crippen LogP contribution >= 0.6 is 0 Å². The third kappa shape index (κ3) is 4.84. The zero-order valence-electron chi connectivity index (χ0n) is 14.0. The molecule has 5 nitrogen and oxygen atoms in total. The van der Waals surface area contributed by atoms with E-state index in [0.717, 1.165) is 11.1 Å². The monoisotopic (exact) mass is 327 g/mol. The SMILES string of the molecule is COc1ccccc1CC(=O)O[C@H](C)C(=O)Nc1ccc(C)cc1. The number of aryl methyl sites for hydroxylation is 1. The molecule has 5 heteroatoms. The number of carbonyl (C=O) groups is 2. The Kier molecular flexibility index (Phi) is 5.95. The van der Waals surface area contributed by atoms with E-state index in [1.807, 2.05) is 31.2 Å². The van der Waals surface area contributed by atoms with Crippen molar-refractivity contribution in [2.24, 2.45) is 0 Å². The number of amides is 1. The van der Waals surface area contributed by atoms with E-state index >= 15 is 0 Å².